The second kappa shape index (κ2) is 8.27. The van der Waals surface area contributed by atoms with Crippen LogP contribution in [0.4, 0.5) is 10.5 Å². The van der Waals surface area contributed by atoms with Crippen LogP contribution < -0.4 is 5.32 Å². The van der Waals surface area contributed by atoms with E-state index in [4.69, 9.17) is 4.74 Å². The van der Waals surface area contributed by atoms with Crippen LogP contribution in [0.5, 0.6) is 0 Å². The smallest absolute Gasteiger partial charge is 0.408 e. The number of carbonyl (C=O) groups excluding carboxylic acids is 1. The molecule has 8 heteroatoms. The fourth-order valence-corrected chi connectivity index (χ4v) is 3.86. The van der Waals surface area contributed by atoms with Crippen molar-refractivity contribution in [3.8, 4) is 11.1 Å². The fourth-order valence-electron chi connectivity index (χ4n) is 3.86. The Bertz CT molecular complexity index is 1130. The number of amides is 1. The van der Waals surface area contributed by atoms with Gasteiger partial charge in [0.15, 0.2) is 6.04 Å². The molecule has 31 heavy (non-hydrogen) atoms. The van der Waals surface area contributed by atoms with Crippen LogP contribution in [0.1, 0.15) is 28.7 Å². The number of carboxylic acid groups (broad SMARTS) is 1. The summed E-state index contributed by atoms with van der Waals surface area (Å²) in [6.07, 6.45) is -0.916. The van der Waals surface area contributed by atoms with E-state index in [9.17, 15) is 24.8 Å². The minimum absolute atomic E-state index is 0.0289. The van der Waals surface area contributed by atoms with Crippen LogP contribution >= 0.6 is 0 Å². The topological polar surface area (TPSA) is 119 Å². The van der Waals surface area contributed by atoms with Gasteiger partial charge >= 0.3 is 12.1 Å². The normalized spacial score (nSPS) is 13.0. The lowest BCUT2D eigenvalue weighted by Crippen LogP contribution is -2.34. The molecule has 0 saturated heterocycles. The predicted molar refractivity (Wildman–Crippen MR) is 112 cm³/mol. The Morgan fingerprint density at radius 1 is 1.00 bits per heavy atom. The van der Waals surface area contributed by atoms with Gasteiger partial charge in [0.25, 0.3) is 5.69 Å². The van der Waals surface area contributed by atoms with Gasteiger partial charge in [0.1, 0.15) is 6.61 Å². The number of ether oxygens (including phenoxy) is 1. The maximum Gasteiger partial charge on any atom is 0.408 e. The Balaban J connectivity index is 1.49. The molecule has 1 aliphatic rings. The van der Waals surface area contributed by atoms with E-state index >= 15 is 0 Å². The number of carbonyl (C=O) groups is 2. The third kappa shape index (κ3) is 3.95. The third-order valence-electron chi connectivity index (χ3n) is 5.27. The molecule has 156 valence electrons. The summed E-state index contributed by atoms with van der Waals surface area (Å²) in [4.78, 5) is 34.4. The SMILES string of the molecule is O=C(N[C@H](C(=O)O)c1cccc([N+](=O)[O-])c1)OCC1c2ccccc2-c2ccccc21. The highest BCUT2D eigenvalue weighted by Gasteiger charge is 2.30. The molecule has 0 saturated carbocycles. The zero-order valence-electron chi connectivity index (χ0n) is 16.2. The summed E-state index contributed by atoms with van der Waals surface area (Å²) in [5.41, 5.74) is 4.03. The molecule has 0 unspecified atom stereocenters. The first-order valence-electron chi connectivity index (χ1n) is 9.54. The van der Waals surface area contributed by atoms with E-state index < -0.39 is 23.0 Å². The zero-order chi connectivity index (χ0) is 22.0. The van der Waals surface area contributed by atoms with E-state index in [0.717, 1.165) is 28.3 Å². The van der Waals surface area contributed by atoms with E-state index in [0.29, 0.717) is 0 Å². The maximum atomic E-state index is 12.4. The van der Waals surface area contributed by atoms with Crippen molar-refractivity contribution in [3.05, 3.63) is 99.6 Å². The molecule has 4 rings (SSSR count). The first kappa shape index (κ1) is 20.1. The molecule has 3 aromatic carbocycles. The van der Waals surface area contributed by atoms with E-state index in [2.05, 4.69) is 5.32 Å². The molecular weight excluding hydrogens is 400 g/mol. The molecule has 0 bridgehead atoms. The number of non-ortho nitro benzene ring substituents is 1. The van der Waals surface area contributed by atoms with Gasteiger partial charge in [-0.15, -0.1) is 0 Å². The Hall–Kier alpha value is -4.20. The molecule has 1 aliphatic carbocycles. The fraction of sp³-hybridized carbons (Fsp3) is 0.130. The number of fused-ring (bicyclic) bond motifs is 3. The van der Waals surface area contributed by atoms with E-state index in [1.54, 1.807) is 0 Å². The number of benzene rings is 3. The monoisotopic (exact) mass is 418 g/mol. The largest absolute Gasteiger partial charge is 0.479 e. The lowest BCUT2D eigenvalue weighted by Gasteiger charge is -2.17. The summed E-state index contributed by atoms with van der Waals surface area (Å²) in [6.45, 7) is 0.0289. The van der Waals surface area contributed by atoms with Gasteiger partial charge in [0.2, 0.25) is 0 Å². The van der Waals surface area contributed by atoms with Crippen molar-refractivity contribution in [1.29, 1.82) is 0 Å². The van der Waals surface area contributed by atoms with Gasteiger partial charge in [-0.1, -0.05) is 60.7 Å². The van der Waals surface area contributed by atoms with Crippen molar-refractivity contribution in [3.63, 3.8) is 0 Å². The average molecular weight is 418 g/mol. The number of rotatable bonds is 6. The number of hydrogen-bond acceptors (Lipinski definition) is 5. The number of nitro benzene ring substituents is 1. The van der Waals surface area contributed by atoms with Crippen LogP contribution in [0.25, 0.3) is 11.1 Å². The van der Waals surface area contributed by atoms with Gasteiger partial charge in [0, 0.05) is 18.1 Å². The van der Waals surface area contributed by atoms with Crippen LogP contribution in [-0.4, -0.2) is 28.7 Å². The highest BCUT2D eigenvalue weighted by Crippen LogP contribution is 2.44. The third-order valence-corrected chi connectivity index (χ3v) is 5.27. The number of nitrogens with one attached hydrogen (secondary N) is 1. The summed E-state index contributed by atoms with van der Waals surface area (Å²) in [5.74, 6) is -1.52. The standard InChI is InChI=1S/C23H18N2O6/c26-22(27)21(14-6-5-7-15(12-14)25(29)30)24-23(28)31-13-20-18-10-3-1-8-16(18)17-9-2-4-11-19(17)20/h1-12,20-21H,13H2,(H,24,28)(H,26,27)/t21-/m0/s1. The van der Waals surface area contributed by atoms with Crippen LogP contribution in [0.15, 0.2) is 72.8 Å². The second-order valence-electron chi connectivity index (χ2n) is 7.09. The lowest BCUT2D eigenvalue weighted by molar-refractivity contribution is -0.384. The number of alkyl carbamates (subject to hydrolysis) is 1. The Morgan fingerprint density at radius 3 is 2.19 bits per heavy atom. The van der Waals surface area contributed by atoms with Gasteiger partial charge in [-0.05, 0) is 27.8 Å². The lowest BCUT2D eigenvalue weighted by atomic mass is 9.98. The molecule has 0 aliphatic heterocycles. The average Bonchev–Trinajstić information content (AvgIpc) is 3.09. The van der Waals surface area contributed by atoms with Gasteiger partial charge in [0.05, 0.1) is 4.92 Å². The number of carboxylic acids is 1. The molecule has 2 N–H and O–H groups in total. The first-order valence-corrected chi connectivity index (χ1v) is 9.54. The summed E-state index contributed by atoms with van der Waals surface area (Å²) >= 11 is 0. The summed E-state index contributed by atoms with van der Waals surface area (Å²) in [7, 11) is 0. The number of nitro groups is 1. The number of nitrogens with zero attached hydrogens (tertiary/aromatic N) is 1. The van der Waals surface area contributed by atoms with Gasteiger partial charge in [-0.25, -0.2) is 9.59 Å². The zero-order valence-corrected chi connectivity index (χ0v) is 16.2. The van der Waals surface area contributed by atoms with Crippen molar-refractivity contribution >= 4 is 17.7 Å². The summed E-state index contributed by atoms with van der Waals surface area (Å²) in [6, 6.07) is 19.3. The van der Waals surface area contributed by atoms with Crippen LogP contribution in [0, 0.1) is 10.1 Å². The Labute approximate surface area is 177 Å². The van der Waals surface area contributed by atoms with Crippen LogP contribution in [-0.2, 0) is 9.53 Å². The highest BCUT2D eigenvalue weighted by atomic mass is 16.6. The predicted octanol–water partition coefficient (Wildman–Crippen LogP) is 4.26. The van der Waals surface area contributed by atoms with E-state index in [1.165, 1.54) is 18.2 Å². The summed E-state index contributed by atoms with van der Waals surface area (Å²) in [5, 5.41) is 22.8. The van der Waals surface area contributed by atoms with Crippen LogP contribution in [0.3, 0.4) is 0 Å². The molecule has 1 amide bonds. The van der Waals surface area contributed by atoms with Crippen molar-refractivity contribution < 1.29 is 24.4 Å². The van der Waals surface area contributed by atoms with Crippen molar-refractivity contribution in [2.24, 2.45) is 0 Å². The molecule has 1 atom stereocenters. The minimum Gasteiger partial charge on any atom is -0.479 e. The number of hydrogen-bond donors (Lipinski definition) is 2. The molecule has 0 radical (unpaired) electrons. The molecule has 0 fully saturated rings. The number of aliphatic carboxylic acids is 1. The first-order chi connectivity index (χ1) is 15.0. The van der Waals surface area contributed by atoms with E-state index in [-0.39, 0.29) is 23.8 Å². The molecule has 0 aromatic heterocycles. The maximum absolute atomic E-state index is 12.4. The molecule has 8 nitrogen and oxygen atoms in total. The van der Waals surface area contributed by atoms with Gasteiger partial charge in [-0.3, -0.25) is 10.1 Å². The molecular formula is C23H18N2O6. The Kier molecular flexibility index (Phi) is 5.36. The van der Waals surface area contributed by atoms with Gasteiger partial charge in [-0.2, -0.15) is 0 Å². The molecule has 0 spiro atoms. The quantitative estimate of drug-likeness (QED) is 0.456. The van der Waals surface area contributed by atoms with Crippen molar-refractivity contribution in [2.75, 3.05) is 6.61 Å². The van der Waals surface area contributed by atoms with E-state index in [1.807, 2.05) is 48.5 Å². The summed E-state index contributed by atoms with van der Waals surface area (Å²) < 4.78 is 5.37. The minimum atomic E-state index is -1.48. The molecule has 0 heterocycles. The highest BCUT2D eigenvalue weighted by molar-refractivity contribution is 5.82. The van der Waals surface area contributed by atoms with Crippen molar-refractivity contribution in [2.45, 2.75) is 12.0 Å². The van der Waals surface area contributed by atoms with Crippen LogP contribution in [0.2, 0.25) is 0 Å². The molecule has 3 aromatic rings. The second-order valence-corrected chi connectivity index (χ2v) is 7.09. The Morgan fingerprint density at radius 2 is 1.61 bits per heavy atom. The van der Waals surface area contributed by atoms with Gasteiger partial charge < -0.3 is 15.2 Å². The van der Waals surface area contributed by atoms with Crippen molar-refractivity contribution in [1.82, 2.24) is 5.32 Å².